The molecule has 3 heteroatoms. The van der Waals surface area contributed by atoms with Crippen LogP contribution in [0.2, 0.25) is 0 Å². The van der Waals surface area contributed by atoms with Crippen molar-refractivity contribution in [1.82, 2.24) is 10.2 Å². The zero-order valence-electron chi connectivity index (χ0n) is 12.2. The van der Waals surface area contributed by atoms with E-state index in [1.54, 1.807) is 0 Å². The standard InChI is InChI=1S/C15H27N3/c1-11(2)12(3)18(4)10-15(9-16,13-5-6-13)17-14-7-8-14/h11-14,17H,5-8,10H2,1-4H3. The molecule has 0 radical (unpaired) electrons. The summed E-state index contributed by atoms with van der Waals surface area (Å²) in [6, 6.07) is 3.75. The van der Waals surface area contributed by atoms with Gasteiger partial charge in [0, 0.05) is 18.6 Å². The van der Waals surface area contributed by atoms with E-state index in [9.17, 15) is 5.26 Å². The second-order valence-corrected chi connectivity index (χ2v) is 6.68. The molecule has 0 aromatic heterocycles. The predicted octanol–water partition coefficient (Wildman–Crippen LogP) is 2.39. The Morgan fingerprint density at radius 1 is 1.28 bits per heavy atom. The average Bonchev–Trinajstić information content (AvgIpc) is 3.17. The molecule has 0 aromatic rings. The zero-order valence-corrected chi connectivity index (χ0v) is 12.2. The topological polar surface area (TPSA) is 39.1 Å². The van der Waals surface area contributed by atoms with Gasteiger partial charge in [0.2, 0.25) is 0 Å². The first-order valence-electron chi connectivity index (χ1n) is 7.37. The van der Waals surface area contributed by atoms with E-state index in [2.05, 4.69) is 44.1 Å². The maximum atomic E-state index is 9.69. The van der Waals surface area contributed by atoms with Crippen molar-refractivity contribution in [2.75, 3.05) is 13.6 Å². The quantitative estimate of drug-likeness (QED) is 0.753. The van der Waals surface area contributed by atoms with Crippen LogP contribution in [0.4, 0.5) is 0 Å². The second kappa shape index (κ2) is 5.19. The molecule has 0 saturated heterocycles. The Balaban J connectivity index is 2.02. The van der Waals surface area contributed by atoms with Crippen LogP contribution in [0.1, 0.15) is 46.5 Å². The molecule has 0 amide bonds. The van der Waals surface area contributed by atoms with Crippen molar-refractivity contribution in [2.45, 2.75) is 64.1 Å². The fraction of sp³-hybridized carbons (Fsp3) is 0.933. The molecule has 3 nitrogen and oxygen atoms in total. The van der Waals surface area contributed by atoms with Crippen molar-refractivity contribution in [2.24, 2.45) is 11.8 Å². The minimum atomic E-state index is -0.293. The van der Waals surface area contributed by atoms with E-state index >= 15 is 0 Å². The van der Waals surface area contributed by atoms with Gasteiger partial charge in [-0.3, -0.25) is 5.32 Å². The van der Waals surface area contributed by atoms with Gasteiger partial charge >= 0.3 is 0 Å². The van der Waals surface area contributed by atoms with Crippen molar-refractivity contribution in [3.63, 3.8) is 0 Å². The summed E-state index contributed by atoms with van der Waals surface area (Å²) in [4.78, 5) is 2.36. The lowest BCUT2D eigenvalue weighted by Crippen LogP contribution is -2.56. The van der Waals surface area contributed by atoms with Crippen LogP contribution >= 0.6 is 0 Å². The molecule has 0 aromatic carbocycles. The Kier molecular flexibility index (Phi) is 3.99. The molecule has 2 rings (SSSR count). The number of rotatable bonds is 7. The lowest BCUT2D eigenvalue weighted by molar-refractivity contribution is 0.155. The molecule has 2 aliphatic rings. The largest absolute Gasteiger partial charge is 0.301 e. The highest BCUT2D eigenvalue weighted by Crippen LogP contribution is 2.42. The molecule has 2 unspecified atom stereocenters. The molecule has 2 aliphatic carbocycles. The first kappa shape index (κ1) is 13.8. The van der Waals surface area contributed by atoms with Crippen molar-refractivity contribution in [1.29, 1.82) is 5.26 Å². The van der Waals surface area contributed by atoms with Crippen LogP contribution in [0.5, 0.6) is 0 Å². The van der Waals surface area contributed by atoms with Crippen LogP contribution in [0.3, 0.4) is 0 Å². The van der Waals surface area contributed by atoms with Crippen molar-refractivity contribution in [3.05, 3.63) is 0 Å². The third-order valence-corrected chi connectivity index (χ3v) is 4.67. The summed E-state index contributed by atoms with van der Waals surface area (Å²) >= 11 is 0. The van der Waals surface area contributed by atoms with Gasteiger partial charge in [-0.05, 0) is 51.5 Å². The van der Waals surface area contributed by atoms with Gasteiger partial charge in [-0.25, -0.2) is 0 Å². The molecule has 1 N–H and O–H groups in total. The summed E-state index contributed by atoms with van der Waals surface area (Å²) in [7, 11) is 2.16. The summed E-state index contributed by atoms with van der Waals surface area (Å²) in [6.07, 6.45) is 4.94. The fourth-order valence-corrected chi connectivity index (χ4v) is 2.67. The lowest BCUT2D eigenvalue weighted by atomic mass is 9.92. The first-order chi connectivity index (χ1) is 8.48. The molecule has 0 heterocycles. The van der Waals surface area contributed by atoms with Crippen molar-refractivity contribution < 1.29 is 0 Å². The summed E-state index contributed by atoms with van der Waals surface area (Å²) in [5.41, 5.74) is -0.293. The van der Waals surface area contributed by atoms with E-state index in [4.69, 9.17) is 0 Å². The van der Waals surface area contributed by atoms with E-state index in [1.807, 2.05) is 0 Å². The van der Waals surface area contributed by atoms with Crippen LogP contribution in [0.25, 0.3) is 0 Å². The lowest BCUT2D eigenvalue weighted by Gasteiger charge is -2.37. The molecule has 2 atom stereocenters. The SMILES string of the molecule is CC(C)C(C)N(C)CC(C#N)(NC1CC1)C1CC1. The Bertz CT molecular complexity index is 325. The van der Waals surface area contributed by atoms with Crippen molar-refractivity contribution >= 4 is 0 Å². The van der Waals surface area contributed by atoms with Crippen LogP contribution in [0, 0.1) is 23.2 Å². The Labute approximate surface area is 112 Å². The van der Waals surface area contributed by atoms with Gasteiger partial charge in [0.1, 0.15) is 5.54 Å². The fourth-order valence-electron chi connectivity index (χ4n) is 2.67. The van der Waals surface area contributed by atoms with E-state index in [-0.39, 0.29) is 5.54 Å². The van der Waals surface area contributed by atoms with Crippen LogP contribution in [-0.2, 0) is 0 Å². The maximum absolute atomic E-state index is 9.69. The van der Waals surface area contributed by atoms with E-state index < -0.39 is 0 Å². The third-order valence-electron chi connectivity index (χ3n) is 4.67. The molecule has 0 bridgehead atoms. The third kappa shape index (κ3) is 3.05. The highest BCUT2D eigenvalue weighted by atomic mass is 15.2. The highest BCUT2D eigenvalue weighted by Gasteiger charge is 2.49. The van der Waals surface area contributed by atoms with E-state index in [0.717, 1.165) is 6.54 Å². The zero-order chi connectivity index (χ0) is 13.3. The van der Waals surface area contributed by atoms with Gasteiger partial charge in [0.05, 0.1) is 6.07 Å². The van der Waals surface area contributed by atoms with E-state index in [1.165, 1.54) is 25.7 Å². The molecule has 0 spiro atoms. The number of nitriles is 1. The molecule has 102 valence electrons. The normalized spacial score (nSPS) is 24.9. The van der Waals surface area contributed by atoms with Crippen LogP contribution < -0.4 is 5.32 Å². The highest BCUT2D eigenvalue weighted by molar-refractivity contribution is 5.18. The first-order valence-corrected chi connectivity index (χ1v) is 7.37. The maximum Gasteiger partial charge on any atom is 0.122 e. The number of likely N-dealkylation sites (N-methyl/N-ethyl adjacent to an activating group) is 1. The molecular weight excluding hydrogens is 222 g/mol. The number of hydrogen-bond acceptors (Lipinski definition) is 3. The van der Waals surface area contributed by atoms with E-state index in [0.29, 0.717) is 23.9 Å². The Morgan fingerprint density at radius 2 is 1.89 bits per heavy atom. The molecule has 0 aliphatic heterocycles. The Hall–Kier alpha value is -0.590. The molecule has 2 saturated carbocycles. The van der Waals surface area contributed by atoms with Crippen LogP contribution in [-0.4, -0.2) is 36.1 Å². The van der Waals surface area contributed by atoms with Gasteiger partial charge in [0.15, 0.2) is 0 Å². The van der Waals surface area contributed by atoms with Gasteiger partial charge in [-0.1, -0.05) is 13.8 Å². The monoisotopic (exact) mass is 249 g/mol. The average molecular weight is 249 g/mol. The van der Waals surface area contributed by atoms with Gasteiger partial charge in [0.25, 0.3) is 0 Å². The predicted molar refractivity (Wildman–Crippen MR) is 74.2 cm³/mol. The summed E-state index contributed by atoms with van der Waals surface area (Å²) in [5, 5.41) is 13.3. The second-order valence-electron chi connectivity index (χ2n) is 6.68. The molecule has 18 heavy (non-hydrogen) atoms. The van der Waals surface area contributed by atoms with Gasteiger partial charge < -0.3 is 4.90 Å². The van der Waals surface area contributed by atoms with Crippen molar-refractivity contribution in [3.8, 4) is 6.07 Å². The minimum Gasteiger partial charge on any atom is -0.301 e. The van der Waals surface area contributed by atoms with Gasteiger partial charge in [-0.2, -0.15) is 5.26 Å². The van der Waals surface area contributed by atoms with Gasteiger partial charge in [-0.15, -0.1) is 0 Å². The Morgan fingerprint density at radius 3 is 2.28 bits per heavy atom. The minimum absolute atomic E-state index is 0.293. The molecular formula is C15H27N3. The number of nitrogens with zero attached hydrogens (tertiary/aromatic N) is 2. The summed E-state index contributed by atoms with van der Waals surface area (Å²) in [5.74, 6) is 1.21. The smallest absolute Gasteiger partial charge is 0.122 e. The molecule has 2 fully saturated rings. The number of hydrogen-bond donors (Lipinski definition) is 1. The summed E-state index contributed by atoms with van der Waals surface area (Å²) in [6.45, 7) is 7.63. The number of nitrogens with one attached hydrogen (secondary N) is 1. The van der Waals surface area contributed by atoms with Crippen LogP contribution in [0.15, 0.2) is 0 Å². The summed E-state index contributed by atoms with van der Waals surface area (Å²) < 4.78 is 0.